The Morgan fingerprint density at radius 1 is 0.846 bits per heavy atom. The van der Waals surface area contributed by atoms with Crippen molar-refractivity contribution in [3.8, 4) is 0 Å². The fraction of sp³-hybridized carbons (Fsp3) is 0.636. The SMILES string of the molecule is O=C(NC1CN2CCC1CC2)C(Cc1ccc2ccccc2c1)NC(=NC1CCCCC1)NC1CCCCC1. The van der Waals surface area contributed by atoms with E-state index in [4.69, 9.17) is 4.99 Å². The highest BCUT2D eigenvalue weighted by atomic mass is 16.2. The number of guanidine groups is 1. The second kappa shape index (κ2) is 12.7. The molecule has 3 aliphatic heterocycles. The number of amides is 1. The average molecular weight is 530 g/mol. The van der Waals surface area contributed by atoms with Crippen LogP contribution in [0.5, 0.6) is 0 Å². The maximum atomic E-state index is 14.0. The van der Waals surface area contributed by atoms with Crippen molar-refractivity contribution >= 4 is 22.6 Å². The van der Waals surface area contributed by atoms with Crippen LogP contribution in [0.15, 0.2) is 47.5 Å². The summed E-state index contributed by atoms with van der Waals surface area (Å²) in [4.78, 5) is 21.7. The number of carbonyl (C=O) groups is 1. The highest BCUT2D eigenvalue weighted by Crippen LogP contribution is 2.28. The van der Waals surface area contributed by atoms with Crippen LogP contribution in [0.4, 0.5) is 0 Å². The Morgan fingerprint density at radius 2 is 1.56 bits per heavy atom. The number of benzene rings is 2. The molecule has 3 saturated heterocycles. The van der Waals surface area contributed by atoms with Crippen molar-refractivity contribution < 1.29 is 4.79 Å². The van der Waals surface area contributed by atoms with Gasteiger partial charge in [-0.15, -0.1) is 0 Å². The van der Waals surface area contributed by atoms with Crippen LogP contribution in [0, 0.1) is 5.92 Å². The zero-order chi connectivity index (χ0) is 26.4. The standard InChI is InChI=1S/C33H47N5O/c39-32(36-31-23-38-19-17-26(31)18-20-38)30(22-24-15-16-25-9-7-8-10-27(25)21-24)37-33(34-28-11-3-1-4-12-28)35-29-13-5-2-6-14-29/h7-10,15-16,21,26,28-31H,1-6,11-14,17-20,22-23H2,(H,36,39)(H2,34,35,37). The van der Waals surface area contributed by atoms with Crippen LogP contribution in [0.25, 0.3) is 10.8 Å². The lowest BCUT2D eigenvalue weighted by Crippen LogP contribution is -2.61. The predicted molar refractivity (Wildman–Crippen MR) is 160 cm³/mol. The number of piperidine rings is 3. The van der Waals surface area contributed by atoms with Crippen LogP contribution >= 0.6 is 0 Å². The molecule has 2 saturated carbocycles. The summed E-state index contributed by atoms with van der Waals surface area (Å²) in [5.74, 6) is 1.57. The molecule has 2 unspecified atom stereocenters. The monoisotopic (exact) mass is 529 g/mol. The summed E-state index contributed by atoms with van der Waals surface area (Å²) in [5.41, 5.74) is 1.19. The Bertz CT molecular complexity index is 1130. The van der Waals surface area contributed by atoms with E-state index in [9.17, 15) is 4.79 Å². The van der Waals surface area contributed by atoms with Gasteiger partial charge in [0.25, 0.3) is 0 Å². The molecule has 7 rings (SSSR count). The Hall–Kier alpha value is -2.60. The van der Waals surface area contributed by atoms with Crippen molar-refractivity contribution in [1.29, 1.82) is 0 Å². The summed E-state index contributed by atoms with van der Waals surface area (Å²) >= 11 is 0. The fourth-order valence-electron chi connectivity index (χ4n) is 7.34. The lowest BCUT2D eigenvalue weighted by atomic mass is 9.84. The van der Waals surface area contributed by atoms with Gasteiger partial charge in [0.2, 0.25) is 5.91 Å². The van der Waals surface area contributed by atoms with Gasteiger partial charge >= 0.3 is 0 Å². The topological polar surface area (TPSA) is 68.8 Å². The molecule has 6 heteroatoms. The normalized spacial score (nSPS) is 27.3. The number of fused-ring (bicyclic) bond motifs is 4. The third-order valence-corrected chi connectivity index (χ3v) is 9.70. The van der Waals surface area contributed by atoms with Gasteiger partial charge in [-0.05, 0) is 73.9 Å². The van der Waals surface area contributed by atoms with E-state index in [2.05, 4.69) is 63.3 Å². The molecule has 2 bridgehead atoms. The molecule has 3 heterocycles. The van der Waals surface area contributed by atoms with Gasteiger partial charge in [-0.25, -0.2) is 4.99 Å². The molecule has 6 nitrogen and oxygen atoms in total. The molecule has 5 aliphatic rings. The van der Waals surface area contributed by atoms with Crippen LogP contribution in [-0.2, 0) is 11.2 Å². The molecule has 3 N–H and O–H groups in total. The van der Waals surface area contributed by atoms with Crippen molar-refractivity contribution in [2.75, 3.05) is 19.6 Å². The number of nitrogens with one attached hydrogen (secondary N) is 3. The highest BCUT2D eigenvalue weighted by Gasteiger charge is 2.36. The van der Waals surface area contributed by atoms with Crippen molar-refractivity contribution in [3.05, 3.63) is 48.0 Å². The zero-order valence-electron chi connectivity index (χ0n) is 23.5. The van der Waals surface area contributed by atoms with Crippen molar-refractivity contribution in [2.24, 2.45) is 10.9 Å². The Kier molecular flexibility index (Phi) is 8.68. The van der Waals surface area contributed by atoms with Crippen LogP contribution in [0.1, 0.15) is 82.6 Å². The van der Waals surface area contributed by atoms with Crippen LogP contribution in [0.2, 0.25) is 0 Å². The third-order valence-electron chi connectivity index (χ3n) is 9.70. The first-order chi connectivity index (χ1) is 19.2. The molecule has 0 radical (unpaired) electrons. The zero-order valence-corrected chi connectivity index (χ0v) is 23.5. The van der Waals surface area contributed by atoms with Gasteiger partial charge in [-0.1, -0.05) is 81.0 Å². The van der Waals surface area contributed by atoms with Gasteiger partial charge in [0.1, 0.15) is 6.04 Å². The highest BCUT2D eigenvalue weighted by molar-refractivity contribution is 5.90. The Morgan fingerprint density at radius 3 is 2.28 bits per heavy atom. The van der Waals surface area contributed by atoms with E-state index < -0.39 is 0 Å². The molecule has 0 spiro atoms. The molecular formula is C33H47N5O. The molecule has 2 aromatic rings. The fourth-order valence-corrected chi connectivity index (χ4v) is 7.34. The van der Waals surface area contributed by atoms with Gasteiger partial charge in [-0.3, -0.25) is 4.79 Å². The van der Waals surface area contributed by atoms with Gasteiger partial charge in [0.05, 0.1) is 6.04 Å². The number of rotatable bonds is 7. The number of hydrogen-bond donors (Lipinski definition) is 3. The molecule has 2 aliphatic carbocycles. The van der Waals surface area contributed by atoms with Crippen LogP contribution in [0.3, 0.4) is 0 Å². The Balaban J connectivity index is 1.24. The van der Waals surface area contributed by atoms with Gasteiger partial charge in [-0.2, -0.15) is 0 Å². The summed E-state index contributed by atoms with van der Waals surface area (Å²) < 4.78 is 0. The van der Waals surface area contributed by atoms with E-state index in [0.29, 0.717) is 24.4 Å². The lowest BCUT2D eigenvalue weighted by Gasteiger charge is -2.45. The summed E-state index contributed by atoms with van der Waals surface area (Å²) in [6.45, 7) is 3.35. The minimum atomic E-state index is -0.361. The second-order valence-corrected chi connectivity index (χ2v) is 12.6. The smallest absolute Gasteiger partial charge is 0.243 e. The molecule has 0 aromatic heterocycles. The first-order valence-corrected chi connectivity index (χ1v) is 15.8. The molecule has 210 valence electrons. The number of nitrogens with zero attached hydrogens (tertiary/aromatic N) is 2. The largest absolute Gasteiger partial charge is 0.354 e. The van der Waals surface area contributed by atoms with Gasteiger partial charge < -0.3 is 20.9 Å². The van der Waals surface area contributed by atoms with Crippen LogP contribution < -0.4 is 16.0 Å². The summed E-state index contributed by atoms with van der Waals surface area (Å²) in [7, 11) is 0. The van der Waals surface area contributed by atoms with Gasteiger partial charge in [0, 0.05) is 25.0 Å². The molecule has 1 amide bonds. The van der Waals surface area contributed by atoms with Crippen molar-refractivity contribution in [2.45, 2.75) is 108 Å². The van der Waals surface area contributed by atoms with Gasteiger partial charge in [0.15, 0.2) is 5.96 Å². The molecule has 39 heavy (non-hydrogen) atoms. The van der Waals surface area contributed by atoms with E-state index in [0.717, 1.165) is 25.3 Å². The van der Waals surface area contributed by atoms with E-state index >= 15 is 0 Å². The predicted octanol–water partition coefficient (Wildman–Crippen LogP) is 5.16. The first kappa shape index (κ1) is 26.6. The maximum Gasteiger partial charge on any atom is 0.243 e. The summed E-state index contributed by atoms with van der Waals surface area (Å²) in [5, 5.41) is 13.4. The summed E-state index contributed by atoms with van der Waals surface area (Å²) in [6, 6.07) is 15.8. The van der Waals surface area contributed by atoms with Crippen molar-refractivity contribution in [3.63, 3.8) is 0 Å². The van der Waals surface area contributed by atoms with E-state index in [1.54, 1.807) is 0 Å². The maximum absolute atomic E-state index is 14.0. The molecular weight excluding hydrogens is 482 g/mol. The molecule has 2 atom stereocenters. The lowest BCUT2D eigenvalue weighted by molar-refractivity contribution is -0.124. The number of hydrogen-bond acceptors (Lipinski definition) is 3. The minimum absolute atomic E-state index is 0.115. The van der Waals surface area contributed by atoms with Crippen LogP contribution in [-0.4, -0.2) is 60.6 Å². The second-order valence-electron chi connectivity index (χ2n) is 12.6. The Labute approximate surface area is 234 Å². The molecule has 2 aromatic carbocycles. The number of aliphatic imine (C=N–C) groups is 1. The number of carbonyl (C=O) groups excluding carboxylic acids is 1. The minimum Gasteiger partial charge on any atom is -0.354 e. The summed E-state index contributed by atoms with van der Waals surface area (Å²) in [6.07, 6.45) is 15.4. The third kappa shape index (κ3) is 6.95. The van der Waals surface area contributed by atoms with Crippen molar-refractivity contribution in [1.82, 2.24) is 20.9 Å². The quantitative estimate of drug-likeness (QED) is 0.342. The van der Waals surface area contributed by atoms with E-state index in [-0.39, 0.29) is 18.0 Å². The first-order valence-electron chi connectivity index (χ1n) is 15.8. The van der Waals surface area contributed by atoms with E-state index in [1.165, 1.54) is 93.6 Å². The van der Waals surface area contributed by atoms with E-state index in [1.807, 2.05) is 0 Å². The average Bonchev–Trinajstić information content (AvgIpc) is 2.98. The molecule has 5 fully saturated rings.